The zero-order valence-corrected chi connectivity index (χ0v) is 16.9. The van der Waals surface area contributed by atoms with Gasteiger partial charge < -0.3 is 9.52 Å². The number of nitriles is 1. The van der Waals surface area contributed by atoms with Crippen molar-refractivity contribution in [3.05, 3.63) is 62.9 Å². The zero-order valence-electron chi connectivity index (χ0n) is 15.4. The van der Waals surface area contributed by atoms with Gasteiger partial charge in [-0.1, -0.05) is 23.2 Å². The maximum absolute atomic E-state index is 12.8. The van der Waals surface area contributed by atoms with E-state index in [1.54, 1.807) is 37.3 Å². The van der Waals surface area contributed by atoms with Crippen LogP contribution in [0.2, 0.25) is 10.0 Å². The first-order chi connectivity index (χ1) is 13.9. The van der Waals surface area contributed by atoms with Crippen molar-refractivity contribution in [2.24, 2.45) is 0 Å². The molecule has 1 aliphatic rings. The van der Waals surface area contributed by atoms with Gasteiger partial charge in [0, 0.05) is 29.3 Å². The molecule has 1 aliphatic heterocycles. The minimum atomic E-state index is -0.659. The highest BCUT2D eigenvalue weighted by Gasteiger charge is 2.35. The SMILES string of the molecule is CC1=C(C#N)C(=O)N(CCCO)C(=O)/C1=C\c1ccc(-c2ccc(Cl)cc2Cl)o1. The molecule has 0 fully saturated rings. The van der Waals surface area contributed by atoms with E-state index in [2.05, 4.69) is 0 Å². The maximum Gasteiger partial charge on any atom is 0.271 e. The van der Waals surface area contributed by atoms with Crippen LogP contribution in [-0.2, 0) is 9.59 Å². The fourth-order valence-electron chi connectivity index (χ4n) is 2.97. The number of hydrogen-bond acceptors (Lipinski definition) is 5. The largest absolute Gasteiger partial charge is 0.457 e. The van der Waals surface area contributed by atoms with Crippen LogP contribution in [0.5, 0.6) is 0 Å². The Labute approximate surface area is 177 Å². The van der Waals surface area contributed by atoms with E-state index in [1.807, 2.05) is 6.07 Å². The lowest BCUT2D eigenvalue weighted by Crippen LogP contribution is -2.43. The number of nitrogens with zero attached hydrogens (tertiary/aromatic N) is 2. The summed E-state index contributed by atoms with van der Waals surface area (Å²) in [6.45, 7) is 1.39. The van der Waals surface area contributed by atoms with Crippen LogP contribution >= 0.6 is 23.2 Å². The Morgan fingerprint density at radius 2 is 1.97 bits per heavy atom. The first-order valence-corrected chi connectivity index (χ1v) is 9.48. The van der Waals surface area contributed by atoms with E-state index in [1.165, 1.54) is 6.08 Å². The van der Waals surface area contributed by atoms with Crippen LogP contribution < -0.4 is 0 Å². The molecule has 0 radical (unpaired) electrons. The molecular weight excluding hydrogens is 415 g/mol. The number of aliphatic hydroxyl groups excluding tert-OH is 1. The van der Waals surface area contributed by atoms with Crippen LogP contribution in [0.1, 0.15) is 19.1 Å². The molecule has 2 heterocycles. The third kappa shape index (κ3) is 4.13. The molecule has 29 heavy (non-hydrogen) atoms. The Kier molecular flexibility index (Phi) is 6.23. The molecule has 6 nitrogen and oxygen atoms in total. The minimum absolute atomic E-state index is 0.0216. The maximum atomic E-state index is 12.8. The number of halogens is 2. The second-order valence-corrected chi connectivity index (χ2v) is 7.18. The van der Waals surface area contributed by atoms with Gasteiger partial charge in [0.25, 0.3) is 11.8 Å². The van der Waals surface area contributed by atoms with Crippen molar-refractivity contribution < 1.29 is 19.1 Å². The van der Waals surface area contributed by atoms with Gasteiger partial charge in [-0.05, 0) is 55.3 Å². The van der Waals surface area contributed by atoms with E-state index < -0.39 is 11.8 Å². The molecule has 0 saturated heterocycles. The summed E-state index contributed by atoms with van der Waals surface area (Å²) < 4.78 is 5.80. The van der Waals surface area contributed by atoms with Crippen molar-refractivity contribution in [3.8, 4) is 17.4 Å². The monoisotopic (exact) mass is 430 g/mol. The van der Waals surface area contributed by atoms with Gasteiger partial charge in [-0.3, -0.25) is 14.5 Å². The van der Waals surface area contributed by atoms with Gasteiger partial charge >= 0.3 is 0 Å². The lowest BCUT2D eigenvalue weighted by Gasteiger charge is -2.27. The summed E-state index contributed by atoms with van der Waals surface area (Å²) >= 11 is 12.1. The molecule has 0 unspecified atom stereocenters. The molecule has 1 N–H and O–H groups in total. The highest BCUT2D eigenvalue weighted by molar-refractivity contribution is 6.36. The van der Waals surface area contributed by atoms with E-state index in [-0.39, 0.29) is 36.3 Å². The highest BCUT2D eigenvalue weighted by Crippen LogP contribution is 2.33. The minimum Gasteiger partial charge on any atom is -0.457 e. The molecule has 1 aromatic heterocycles. The Balaban J connectivity index is 2.01. The smallest absolute Gasteiger partial charge is 0.271 e. The van der Waals surface area contributed by atoms with Crippen LogP contribution in [-0.4, -0.2) is 35.0 Å². The molecule has 0 spiro atoms. The van der Waals surface area contributed by atoms with Crippen LogP contribution in [0.15, 0.2) is 51.5 Å². The van der Waals surface area contributed by atoms with Crippen molar-refractivity contribution in [2.75, 3.05) is 13.2 Å². The van der Waals surface area contributed by atoms with Crippen LogP contribution in [0.4, 0.5) is 0 Å². The number of imide groups is 1. The van der Waals surface area contributed by atoms with E-state index >= 15 is 0 Å². The quantitative estimate of drug-likeness (QED) is 0.565. The molecule has 0 atom stereocenters. The number of carbonyl (C=O) groups is 2. The second kappa shape index (κ2) is 8.66. The fourth-order valence-corrected chi connectivity index (χ4v) is 3.47. The number of carbonyl (C=O) groups excluding carboxylic acids is 2. The van der Waals surface area contributed by atoms with E-state index in [4.69, 9.17) is 32.7 Å². The van der Waals surface area contributed by atoms with Gasteiger partial charge in [-0.25, -0.2) is 0 Å². The van der Waals surface area contributed by atoms with Gasteiger partial charge in [0.1, 0.15) is 23.2 Å². The molecule has 0 aliphatic carbocycles. The third-order valence-corrected chi connectivity index (χ3v) is 5.02. The van der Waals surface area contributed by atoms with Crippen molar-refractivity contribution in [2.45, 2.75) is 13.3 Å². The summed E-state index contributed by atoms with van der Waals surface area (Å²) in [6.07, 6.45) is 1.71. The van der Waals surface area contributed by atoms with Crippen molar-refractivity contribution in [1.82, 2.24) is 4.90 Å². The number of benzene rings is 1. The lowest BCUT2D eigenvalue weighted by molar-refractivity contribution is -0.140. The number of furan rings is 1. The summed E-state index contributed by atoms with van der Waals surface area (Å²) in [5.41, 5.74) is 0.995. The molecule has 1 aromatic carbocycles. The molecule has 8 heteroatoms. The topological polar surface area (TPSA) is 94.5 Å². The van der Waals surface area contributed by atoms with Crippen molar-refractivity contribution in [3.63, 3.8) is 0 Å². The first kappa shape index (κ1) is 20.9. The Bertz CT molecular complexity index is 1090. The summed E-state index contributed by atoms with van der Waals surface area (Å²) in [7, 11) is 0. The number of rotatable bonds is 5. The molecule has 3 rings (SSSR count). The summed E-state index contributed by atoms with van der Waals surface area (Å²) in [5.74, 6) is -0.351. The van der Waals surface area contributed by atoms with E-state index in [0.717, 1.165) is 4.90 Å². The average Bonchev–Trinajstić information content (AvgIpc) is 3.14. The Morgan fingerprint density at radius 1 is 1.21 bits per heavy atom. The zero-order chi connectivity index (χ0) is 21.1. The van der Waals surface area contributed by atoms with Gasteiger partial charge in [-0.2, -0.15) is 5.26 Å². The molecule has 0 bridgehead atoms. The summed E-state index contributed by atoms with van der Waals surface area (Å²) in [5, 5.41) is 19.3. The highest BCUT2D eigenvalue weighted by atomic mass is 35.5. The second-order valence-electron chi connectivity index (χ2n) is 6.34. The Morgan fingerprint density at radius 3 is 2.62 bits per heavy atom. The van der Waals surface area contributed by atoms with Gasteiger partial charge in [-0.15, -0.1) is 0 Å². The predicted octanol–water partition coefficient (Wildman–Crippen LogP) is 4.23. The summed E-state index contributed by atoms with van der Waals surface area (Å²) in [6, 6.07) is 10.2. The van der Waals surface area contributed by atoms with Crippen LogP contribution in [0.3, 0.4) is 0 Å². The number of amides is 2. The number of hydrogen-bond donors (Lipinski definition) is 1. The van der Waals surface area contributed by atoms with Gasteiger partial charge in [0.15, 0.2) is 0 Å². The number of aliphatic hydroxyl groups is 1. The predicted molar refractivity (Wildman–Crippen MR) is 109 cm³/mol. The third-order valence-electron chi connectivity index (χ3n) is 4.48. The normalized spacial score (nSPS) is 16.0. The molecule has 0 saturated carbocycles. The van der Waals surface area contributed by atoms with Gasteiger partial charge in [0.2, 0.25) is 0 Å². The van der Waals surface area contributed by atoms with E-state index in [0.29, 0.717) is 27.1 Å². The first-order valence-electron chi connectivity index (χ1n) is 8.72. The van der Waals surface area contributed by atoms with Crippen LogP contribution in [0.25, 0.3) is 17.4 Å². The van der Waals surface area contributed by atoms with Crippen molar-refractivity contribution in [1.29, 1.82) is 5.26 Å². The molecule has 148 valence electrons. The fraction of sp³-hybridized carbons (Fsp3) is 0.190. The molecule has 2 amide bonds. The molecule has 2 aromatic rings. The summed E-state index contributed by atoms with van der Waals surface area (Å²) in [4.78, 5) is 26.2. The van der Waals surface area contributed by atoms with Crippen molar-refractivity contribution >= 4 is 41.1 Å². The Hall–Kier alpha value is -2.85. The van der Waals surface area contributed by atoms with Gasteiger partial charge in [0.05, 0.1) is 5.02 Å². The lowest BCUT2D eigenvalue weighted by atomic mass is 9.94. The molecular formula is C21H16Cl2N2O4. The standard InChI is InChI=1S/C21H16Cl2N2O4/c1-12-16(20(27)25(7-2-8-26)21(28)17(12)11-24)10-14-4-6-19(29-14)15-5-3-13(22)9-18(15)23/h3-6,9-10,26H,2,7-8H2,1H3/b16-10-. The van der Waals surface area contributed by atoms with E-state index in [9.17, 15) is 14.9 Å². The average molecular weight is 431 g/mol. The van der Waals surface area contributed by atoms with Crippen LogP contribution in [0, 0.1) is 11.3 Å².